The lowest BCUT2D eigenvalue weighted by Crippen LogP contribution is -2.43. The number of nitrogens with zero attached hydrogens (tertiary/aromatic N) is 3. The zero-order valence-electron chi connectivity index (χ0n) is 17.5. The van der Waals surface area contributed by atoms with Crippen LogP contribution in [-0.2, 0) is 14.8 Å². The van der Waals surface area contributed by atoms with E-state index >= 15 is 0 Å². The van der Waals surface area contributed by atoms with Crippen molar-refractivity contribution in [3.05, 3.63) is 64.9 Å². The molecule has 1 aromatic heterocycles. The molecule has 0 bridgehead atoms. The number of carbonyl (C=O) groups is 1. The molecular formula is C22H23ClN4O4S. The number of halogens is 1. The summed E-state index contributed by atoms with van der Waals surface area (Å²) in [4.78, 5) is 18.8. The van der Waals surface area contributed by atoms with Crippen molar-refractivity contribution in [3.8, 4) is 11.5 Å². The van der Waals surface area contributed by atoms with Crippen LogP contribution in [0.3, 0.4) is 0 Å². The van der Waals surface area contributed by atoms with Crippen LogP contribution in [0.4, 0.5) is 0 Å². The van der Waals surface area contributed by atoms with Crippen LogP contribution in [0.15, 0.2) is 57.9 Å². The third-order valence-corrected chi connectivity index (χ3v) is 7.24. The summed E-state index contributed by atoms with van der Waals surface area (Å²) in [5.41, 5.74) is 1.97. The highest BCUT2D eigenvalue weighted by Gasteiger charge is 2.28. The molecule has 1 amide bonds. The second-order valence-electron chi connectivity index (χ2n) is 7.71. The lowest BCUT2D eigenvalue weighted by molar-refractivity contribution is -0.131. The average Bonchev–Trinajstić information content (AvgIpc) is 3.28. The number of hydrogen-bond donors (Lipinski definition) is 1. The first-order valence-electron chi connectivity index (χ1n) is 10.3. The molecule has 0 atom stereocenters. The van der Waals surface area contributed by atoms with E-state index in [4.69, 9.17) is 16.1 Å². The van der Waals surface area contributed by atoms with Crippen LogP contribution >= 0.6 is 11.6 Å². The van der Waals surface area contributed by atoms with Crippen molar-refractivity contribution in [3.63, 3.8) is 0 Å². The minimum absolute atomic E-state index is 0.0648. The van der Waals surface area contributed by atoms with Crippen LogP contribution in [0.5, 0.6) is 0 Å². The second-order valence-corrected chi connectivity index (χ2v) is 9.91. The predicted octanol–water partition coefficient (Wildman–Crippen LogP) is 3.38. The van der Waals surface area contributed by atoms with Crippen molar-refractivity contribution in [1.82, 2.24) is 19.8 Å². The minimum Gasteiger partial charge on any atom is -0.342 e. The van der Waals surface area contributed by atoms with Crippen molar-refractivity contribution >= 4 is 27.5 Å². The van der Waals surface area contributed by atoms with E-state index in [0.717, 1.165) is 11.1 Å². The fraction of sp³-hybridized carbons (Fsp3) is 0.318. The number of likely N-dealkylation sites (tertiary alicyclic amines) is 1. The number of carbonyl (C=O) groups excluding carboxylic acids is 1. The Balaban J connectivity index is 1.31. The number of aryl methyl sites for hydroxylation is 1. The van der Waals surface area contributed by atoms with E-state index in [-0.39, 0.29) is 23.3 Å². The molecule has 8 nitrogen and oxygen atoms in total. The Morgan fingerprint density at radius 1 is 1.16 bits per heavy atom. The SMILES string of the molecule is Cc1ccccc1-c1nc(C2CCN(C(=O)CNS(=O)(=O)c3ccc(Cl)cc3)CC2)no1. The third-order valence-electron chi connectivity index (χ3n) is 5.57. The highest BCUT2D eigenvalue weighted by atomic mass is 35.5. The van der Waals surface area contributed by atoms with Gasteiger partial charge in [0, 0.05) is 29.6 Å². The van der Waals surface area contributed by atoms with Gasteiger partial charge in [-0.05, 0) is 55.7 Å². The van der Waals surface area contributed by atoms with Crippen LogP contribution in [0.25, 0.3) is 11.5 Å². The highest BCUT2D eigenvalue weighted by Crippen LogP contribution is 2.29. The van der Waals surface area contributed by atoms with Crippen molar-refractivity contribution in [2.24, 2.45) is 0 Å². The highest BCUT2D eigenvalue weighted by molar-refractivity contribution is 7.89. The zero-order valence-corrected chi connectivity index (χ0v) is 19.1. The van der Waals surface area contributed by atoms with Gasteiger partial charge in [-0.25, -0.2) is 13.1 Å². The zero-order chi connectivity index (χ0) is 22.7. The van der Waals surface area contributed by atoms with E-state index in [2.05, 4.69) is 14.9 Å². The molecule has 4 rings (SSSR count). The summed E-state index contributed by atoms with van der Waals surface area (Å²) in [6.07, 6.45) is 1.37. The molecule has 0 spiro atoms. The largest absolute Gasteiger partial charge is 0.342 e. The number of nitrogens with one attached hydrogen (secondary N) is 1. The standard InChI is InChI=1S/C22H23ClN4O4S/c1-15-4-2-3-5-19(15)22-25-21(26-31-22)16-10-12-27(13-11-16)20(28)14-24-32(29,30)18-8-6-17(23)7-9-18/h2-9,16,24H,10-14H2,1H3. The first-order valence-corrected chi connectivity index (χ1v) is 12.1. The van der Waals surface area contributed by atoms with Gasteiger partial charge in [0.2, 0.25) is 15.9 Å². The summed E-state index contributed by atoms with van der Waals surface area (Å²) in [5, 5.41) is 4.59. The Bertz CT molecular complexity index is 1200. The number of benzene rings is 2. The number of sulfonamides is 1. The smallest absolute Gasteiger partial charge is 0.258 e. The molecular weight excluding hydrogens is 452 g/mol. The monoisotopic (exact) mass is 474 g/mol. The van der Waals surface area contributed by atoms with Gasteiger partial charge in [0.15, 0.2) is 5.82 Å². The van der Waals surface area contributed by atoms with Crippen LogP contribution in [-0.4, -0.2) is 49.0 Å². The Hall–Kier alpha value is -2.75. The lowest BCUT2D eigenvalue weighted by Gasteiger charge is -2.30. The molecule has 2 aromatic carbocycles. The molecule has 0 aliphatic carbocycles. The van der Waals surface area contributed by atoms with Crippen LogP contribution < -0.4 is 4.72 Å². The first kappa shape index (κ1) is 22.4. The van der Waals surface area contributed by atoms with Crippen molar-refractivity contribution in [2.75, 3.05) is 19.6 Å². The second kappa shape index (κ2) is 9.40. The summed E-state index contributed by atoms with van der Waals surface area (Å²) in [6.45, 7) is 2.70. The predicted molar refractivity (Wildman–Crippen MR) is 120 cm³/mol. The molecule has 168 valence electrons. The fourth-order valence-electron chi connectivity index (χ4n) is 3.68. The summed E-state index contributed by atoms with van der Waals surface area (Å²) in [7, 11) is -3.78. The molecule has 1 aliphatic rings. The maximum atomic E-state index is 12.5. The quantitative estimate of drug-likeness (QED) is 0.587. The molecule has 3 aromatic rings. The number of aromatic nitrogens is 2. The fourth-order valence-corrected chi connectivity index (χ4v) is 4.78. The Morgan fingerprint density at radius 2 is 1.84 bits per heavy atom. The molecule has 2 heterocycles. The Kier molecular flexibility index (Phi) is 6.59. The van der Waals surface area contributed by atoms with Crippen LogP contribution in [0.1, 0.15) is 30.1 Å². The van der Waals surface area contributed by atoms with Gasteiger partial charge in [-0.15, -0.1) is 0 Å². The van der Waals surface area contributed by atoms with Gasteiger partial charge < -0.3 is 9.42 Å². The summed E-state index contributed by atoms with van der Waals surface area (Å²) < 4.78 is 32.5. The van der Waals surface area contributed by atoms with Crippen LogP contribution in [0, 0.1) is 6.92 Å². The van der Waals surface area contributed by atoms with E-state index in [1.807, 2.05) is 31.2 Å². The van der Waals surface area contributed by atoms with E-state index in [9.17, 15) is 13.2 Å². The topological polar surface area (TPSA) is 105 Å². The molecule has 32 heavy (non-hydrogen) atoms. The minimum atomic E-state index is -3.78. The number of amides is 1. The van der Waals surface area contributed by atoms with Crippen molar-refractivity contribution in [2.45, 2.75) is 30.6 Å². The van der Waals surface area contributed by atoms with Crippen molar-refractivity contribution in [1.29, 1.82) is 0 Å². The molecule has 1 aliphatic heterocycles. The first-order chi connectivity index (χ1) is 15.3. The normalized spacial score (nSPS) is 15.1. The molecule has 10 heteroatoms. The maximum Gasteiger partial charge on any atom is 0.258 e. The van der Waals surface area contributed by atoms with E-state index in [1.54, 1.807) is 4.90 Å². The molecule has 1 N–H and O–H groups in total. The number of rotatable bonds is 6. The Morgan fingerprint density at radius 3 is 2.53 bits per heavy atom. The van der Waals surface area contributed by atoms with Gasteiger partial charge in [-0.1, -0.05) is 35.0 Å². The van der Waals surface area contributed by atoms with Crippen molar-refractivity contribution < 1.29 is 17.7 Å². The van der Waals surface area contributed by atoms with Gasteiger partial charge in [-0.3, -0.25) is 4.79 Å². The van der Waals surface area contributed by atoms with Gasteiger partial charge in [-0.2, -0.15) is 4.98 Å². The lowest BCUT2D eigenvalue weighted by atomic mass is 9.96. The average molecular weight is 475 g/mol. The number of piperidine rings is 1. The molecule has 0 saturated carbocycles. The molecule has 1 saturated heterocycles. The van der Waals surface area contributed by atoms with Gasteiger partial charge in [0.1, 0.15) is 0 Å². The van der Waals surface area contributed by atoms with Gasteiger partial charge in [0.05, 0.1) is 11.4 Å². The number of hydrogen-bond acceptors (Lipinski definition) is 6. The molecule has 0 unspecified atom stereocenters. The third kappa shape index (κ3) is 5.01. The van der Waals surface area contributed by atoms with Gasteiger partial charge in [0.25, 0.3) is 5.89 Å². The maximum absolute atomic E-state index is 12.5. The van der Waals surface area contributed by atoms with Crippen LogP contribution in [0.2, 0.25) is 5.02 Å². The van der Waals surface area contributed by atoms with E-state index in [0.29, 0.717) is 42.7 Å². The van der Waals surface area contributed by atoms with E-state index < -0.39 is 10.0 Å². The Labute approximate surface area is 191 Å². The summed E-state index contributed by atoms with van der Waals surface area (Å²) >= 11 is 5.80. The summed E-state index contributed by atoms with van der Waals surface area (Å²) in [6, 6.07) is 13.6. The van der Waals surface area contributed by atoms with Gasteiger partial charge >= 0.3 is 0 Å². The van der Waals surface area contributed by atoms with E-state index in [1.165, 1.54) is 24.3 Å². The summed E-state index contributed by atoms with van der Waals surface area (Å²) in [5.74, 6) is 0.952. The molecule has 1 fully saturated rings. The molecule has 0 radical (unpaired) electrons.